The van der Waals surface area contributed by atoms with E-state index in [2.05, 4.69) is 26.1 Å². The van der Waals surface area contributed by atoms with Crippen molar-refractivity contribution in [2.45, 2.75) is 60.9 Å². The Bertz CT molecular complexity index is 464. The fraction of sp³-hybridized carbons (Fsp3) is 0.562. The first-order valence-corrected chi connectivity index (χ1v) is 6.45. The van der Waals surface area contributed by atoms with Crippen LogP contribution in [-0.2, 0) is 0 Å². The van der Waals surface area contributed by atoms with Crippen LogP contribution in [0.3, 0.4) is 0 Å². The number of amides is 1. The normalized spacial score (nSPS) is 11.6. The van der Waals surface area contributed by atoms with E-state index in [9.17, 15) is 4.79 Å². The number of nitrogens with one attached hydrogen (secondary N) is 1. The average molecular weight is 247 g/mol. The van der Waals surface area contributed by atoms with E-state index in [0.29, 0.717) is 0 Å². The molecule has 0 aromatic heterocycles. The van der Waals surface area contributed by atoms with Gasteiger partial charge in [0.25, 0.3) is 5.91 Å². The lowest BCUT2D eigenvalue weighted by Gasteiger charge is -2.24. The maximum atomic E-state index is 12.4. The van der Waals surface area contributed by atoms with E-state index in [1.807, 2.05) is 34.6 Å². The minimum atomic E-state index is -0.206. The average Bonchev–Trinajstić information content (AvgIpc) is 2.21. The van der Waals surface area contributed by atoms with Crippen LogP contribution < -0.4 is 5.32 Å². The van der Waals surface area contributed by atoms with Gasteiger partial charge in [0.05, 0.1) is 0 Å². The molecule has 18 heavy (non-hydrogen) atoms. The van der Waals surface area contributed by atoms with Crippen LogP contribution in [0.1, 0.15) is 58.9 Å². The zero-order chi connectivity index (χ0) is 14.2. The van der Waals surface area contributed by atoms with E-state index < -0.39 is 0 Å². The Kier molecular flexibility index (Phi) is 3.89. The maximum Gasteiger partial charge on any atom is 0.252 e. The molecule has 0 aliphatic carbocycles. The van der Waals surface area contributed by atoms with Crippen molar-refractivity contribution in [2.24, 2.45) is 0 Å². The highest BCUT2D eigenvalue weighted by Gasteiger charge is 2.21. The van der Waals surface area contributed by atoms with E-state index in [0.717, 1.165) is 16.7 Å². The fourth-order valence-corrected chi connectivity index (χ4v) is 2.24. The van der Waals surface area contributed by atoms with E-state index in [4.69, 9.17) is 0 Å². The summed E-state index contributed by atoms with van der Waals surface area (Å²) in [5, 5.41) is 3.05. The Morgan fingerprint density at radius 1 is 0.778 bits per heavy atom. The van der Waals surface area contributed by atoms with Gasteiger partial charge in [-0.3, -0.25) is 4.79 Å². The van der Waals surface area contributed by atoms with Crippen LogP contribution in [0.5, 0.6) is 0 Å². The number of rotatable bonds is 1. The van der Waals surface area contributed by atoms with Crippen molar-refractivity contribution in [3.05, 3.63) is 33.4 Å². The Morgan fingerprint density at radius 2 is 1.11 bits per heavy atom. The molecule has 1 amide bonds. The summed E-state index contributed by atoms with van der Waals surface area (Å²) in [5.74, 6) is 0.0312. The topological polar surface area (TPSA) is 29.1 Å². The van der Waals surface area contributed by atoms with Crippen molar-refractivity contribution in [1.82, 2.24) is 5.32 Å². The first-order valence-electron chi connectivity index (χ1n) is 6.45. The third-order valence-electron chi connectivity index (χ3n) is 3.72. The highest BCUT2D eigenvalue weighted by atomic mass is 16.1. The summed E-state index contributed by atoms with van der Waals surface area (Å²) in [7, 11) is 0. The van der Waals surface area contributed by atoms with Crippen LogP contribution in [-0.4, -0.2) is 11.4 Å². The molecule has 0 unspecified atom stereocenters. The molecular weight excluding hydrogens is 222 g/mol. The summed E-state index contributed by atoms with van der Waals surface area (Å²) in [4.78, 5) is 12.4. The number of hydrogen-bond acceptors (Lipinski definition) is 1. The summed E-state index contributed by atoms with van der Waals surface area (Å²) >= 11 is 0. The molecular formula is C16H25NO. The van der Waals surface area contributed by atoms with Gasteiger partial charge in [-0.25, -0.2) is 0 Å². The van der Waals surface area contributed by atoms with Crippen molar-refractivity contribution < 1.29 is 4.79 Å². The monoisotopic (exact) mass is 247 g/mol. The SMILES string of the molecule is Cc1c(C)c(C)c(C(=O)NC(C)(C)C)c(C)c1C. The standard InChI is InChI=1S/C16H25NO/c1-9-10(2)12(4)14(13(5)11(9)3)15(18)17-16(6,7)8/h1-8H3,(H,17,18). The zero-order valence-electron chi connectivity index (χ0n) is 12.9. The van der Waals surface area contributed by atoms with Crippen molar-refractivity contribution in [3.8, 4) is 0 Å². The number of carbonyl (C=O) groups excluding carboxylic acids is 1. The molecule has 0 saturated heterocycles. The molecule has 2 nitrogen and oxygen atoms in total. The molecule has 0 radical (unpaired) electrons. The van der Waals surface area contributed by atoms with Crippen molar-refractivity contribution in [2.75, 3.05) is 0 Å². The number of hydrogen-bond donors (Lipinski definition) is 1. The molecule has 1 rings (SSSR count). The Morgan fingerprint density at radius 3 is 1.44 bits per heavy atom. The quantitative estimate of drug-likeness (QED) is 0.804. The first-order chi connectivity index (χ1) is 8.06. The summed E-state index contributed by atoms with van der Waals surface area (Å²) in [6.45, 7) is 16.4. The first kappa shape index (κ1) is 14.7. The molecule has 0 spiro atoms. The van der Waals surface area contributed by atoms with Crippen LogP contribution >= 0.6 is 0 Å². The summed E-state index contributed by atoms with van der Waals surface area (Å²) < 4.78 is 0. The van der Waals surface area contributed by atoms with Gasteiger partial charge in [-0.05, 0) is 83.2 Å². The minimum absolute atomic E-state index is 0.0312. The van der Waals surface area contributed by atoms with Crippen LogP contribution in [0.25, 0.3) is 0 Å². The van der Waals surface area contributed by atoms with Gasteiger partial charge in [0.2, 0.25) is 0 Å². The zero-order valence-corrected chi connectivity index (χ0v) is 12.9. The van der Waals surface area contributed by atoms with Gasteiger partial charge in [-0.2, -0.15) is 0 Å². The summed E-state index contributed by atoms with van der Waals surface area (Å²) in [5.41, 5.74) is 6.55. The lowest BCUT2D eigenvalue weighted by atomic mass is 9.89. The van der Waals surface area contributed by atoms with Crippen LogP contribution in [0, 0.1) is 34.6 Å². The predicted molar refractivity (Wildman–Crippen MR) is 77.3 cm³/mol. The van der Waals surface area contributed by atoms with E-state index in [1.165, 1.54) is 16.7 Å². The van der Waals surface area contributed by atoms with Gasteiger partial charge in [0.15, 0.2) is 0 Å². The molecule has 1 aromatic carbocycles. The van der Waals surface area contributed by atoms with Gasteiger partial charge in [-0.15, -0.1) is 0 Å². The largest absolute Gasteiger partial charge is 0.347 e. The lowest BCUT2D eigenvalue weighted by Crippen LogP contribution is -2.41. The molecule has 0 atom stereocenters. The lowest BCUT2D eigenvalue weighted by molar-refractivity contribution is 0.0918. The maximum absolute atomic E-state index is 12.4. The second-order valence-corrected chi connectivity index (χ2v) is 6.20. The van der Waals surface area contributed by atoms with Gasteiger partial charge < -0.3 is 5.32 Å². The van der Waals surface area contributed by atoms with Crippen LogP contribution in [0.4, 0.5) is 0 Å². The van der Waals surface area contributed by atoms with Crippen LogP contribution in [0.15, 0.2) is 0 Å². The summed E-state index contributed by atoms with van der Waals surface area (Å²) in [6, 6.07) is 0. The molecule has 1 aromatic rings. The van der Waals surface area contributed by atoms with Gasteiger partial charge in [0.1, 0.15) is 0 Å². The fourth-order valence-electron chi connectivity index (χ4n) is 2.24. The molecule has 2 heteroatoms. The third kappa shape index (κ3) is 2.74. The molecule has 0 aliphatic rings. The molecule has 0 fully saturated rings. The molecule has 0 heterocycles. The highest BCUT2D eigenvalue weighted by Crippen LogP contribution is 2.26. The Labute approximate surface area is 111 Å². The van der Waals surface area contributed by atoms with Crippen LogP contribution in [0.2, 0.25) is 0 Å². The van der Waals surface area contributed by atoms with Crippen molar-refractivity contribution in [1.29, 1.82) is 0 Å². The third-order valence-corrected chi connectivity index (χ3v) is 3.72. The second kappa shape index (κ2) is 4.75. The van der Waals surface area contributed by atoms with E-state index >= 15 is 0 Å². The van der Waals surface area contributed by atoms with Gasteiger partial charge in [-0.1, -0.05) is 0 Å². The van der Waals surface area contributed by atoms with Crippen molar-refractivity contribution >= 4 is 5.91 Å². The second-order valence-electron chi connectivity index (χ2n) is 6.20. The number of benzene rings is 1. The van der Waals surface area contributed by atoms with Gasteiger partial charge >= 0.3 is 0 Å². The Hall–Kier alpha value is -1.31. The number of carbonyl (C=O) groups is 1. The molecule has 0 saturated carbocycles. The molecule has 0 bridgehead atoms. The molecule has 0 aliphatic heterocycles. The van der Waals surface area contributed by atoms with Gasteiger partial charge in [0, 0.05) is 11.1 Å². The Balaban J connectivity index is 3.38. The molecule has 100 valence electrons. The van der Waals surface area contributed by atoms with Crippen molar-refractivity contribution in [3.63, 3.8) is 0 Å². The van der Waals surface area contributed by atoms with E-state index in [1.54, 1.807) is 0 Å². The highest BCUT2D eigenvalue weighted by molar-refractivity contribution is 5.98. The van der Waals surface area contributed by atoms with E-state index in [-0.39, 0.29) is 11.4 Å². The summed E-state index contributed by atoms with van der Waals surface area (Å²) in [6.07, 6.45) is 0. The predicted octanol–water partition coefficient (Wildman–Crippen LogP) is 3.76. The molecule has 1 N–H and O–H groups in total. The minimum Gasteiger partial charge on any atom is -0.347 e. The smallest absolute Gasteiger partial charge is 0.252 e.